The van der Waals surface area contributed by atoms with E-state index < -0.39 is 0 Å². The van der Waals surface area contributed by atoms with E-state index in [1.54, 1.807) is 6.92 Å². The average Bonchev–Trinajstić information content (AvgIpc) is 3.13. The number of hydrogen-bond donors (Lipinski definition) is 1. The Kier molecular flexibility index (Phi) is 4.02. The zero-order chi connectivity index (χ0) is 15.7. The summed E-state index contributed by atoms with van der Waals surface area (Å²) in [5.74, 6) is 0.539. The summed E-state index contributed by atoms with van der Waals surface area (Å²) in [6, 6.07) is 0. The number of hydrogen-bond acceptors (Lipinski definition) is 7. The van der Waals surface area contributed by atoms with Crippen molar-refractivity contribution in [1.29, 1.82) is 0 Å². The van der Waals surface area contributed by atoms with E-state index in [4.69, 9.17) is 0 Å². The minimum atomic E-state index is -0.212. The van der Waals surface area contributed by atoms with Crippen LogP contribution in [0.3, 0.4) is 0 Å². The zero-order valence-corrected chi connectivity index (χ0v) is 13.7. The number of aryl methyl sites for hydroxylation is 3. The second-order valence-electron chi connectivity index (χ2n) is 5.41. The van der Waals surface area contributed by atoms with Crippen molar-refractivity contribution < 1.29 is 4.79 Å². The van der Waals surface area contributed by atoms with E-state index in [2.05, 4.69) is 29.8 Å². The highest BCUT2D eigenvalue weighted by Crippen LogP contribution is 2.24. The molecule has 1 fully saturated rings. The topological polar surface area (TPSA) is 83.9 Å². The Balaban J connectivity index is 1.85. The van der Waals surface area contributed by atoms with Gasteiger partial charge in [0, 0.05) is 13.1 Å². The Morgan fingerprint density at radius 2 is 1.73 bits per heavy atom. The van der Waals surface area contributed by atoms with Crippen LogP contribution in [-0.2, 0) is 0 Å². The second-order valence-corrected chi connectivity index (χ2v) is 6.16. The molecule has 2 aromatic heterocycles. The number of anilines is 2. The standard InChI is InChI=1S/C14H18N6OS/c1-8-11(17-13(21)12-10(3)18-19-22-12)9(2)16-14(15-8)20-6-4-5-7-20/h4-7H2,1-3H3,(H,17,21). The average molecular weight is 318 g/mol. The molecule has 0 unspecified atom stereocenters. The SMILES string of the molecule is Cc1nnsc1C(=O)Nc1c(C)nc(N2CCCC2)nc1C. The van der Waals surface area contributed by atoms with Gasteiger partial charge in [0.25, 0.3) is 5.91 Å². The van der Waals surface area contributed by atoms with Crippen molar-refractivity contribution >= 4 is 29.1 Å². The van der Waals surface area contributed by atoms with Crippen molar-refractivity contribution in [1.82, 2.24) is 19.6 Å². The Morgan fingerprint density at radius 1 is 1.09 bits per heavy atom. The number of aromatic nitrogens is 4. The molecule has 0 atom stereocenters. The number of carbonyl (C=O) groups is 1. The van der Waals surface area contributed by atoms with Gasteiger partial charge in [-0.2, -0.15) is 0 Å². The molecule has 2 aromatic rings. The molecule has 22 heavy (non-hydrogen) atoms. The third kappa shape index (κ3) is 2.78. The molecule has 3 heterocycles. The Morgan fingerprint density at radius 3 is 2.27 bits per heavy atom. The van der Waals surface area contributed by atoms with Gasteiger partial charge in [0.15, 0.2) is 0 Å². The molecule has 116 valence electrons. The molecule has 8 heteroatoms. The maximum absolute atomic E-state index is 12.3. The predicted octanol–water partition coefficient (Wildman–Crippen LogP) is 2.11. The lowest BCUT2D eigenvalue weighted by molar-refractivity contribution is 0.102. The third-order valence-corrected chi connectivity index (χ3v) is 4.57. The Bertz CT molecular complexity index is 684. The maximum atomic E-state index is 12.3. The normalized spacial score (nSPS) is 14.4. The summed E-state index contributed by atoms with van der Waals surface area (Å²) in [5.41, 5.74) is 2.85. The summed E-state index contributed by atoms with van der Waals surface area (Å²) in [5, 5.41) is 6.75. The van der Waals surface area contributed by atoms with Crippen LogP contribution in [0, 0.1) is 20.8 Å². The fourth-order valence-electron chi connectivity index (χ4n) is 2.55. The fourth-order valence-corrected chi connectivity index (χ4v) is 3.10. The minimum Gasteiger partial charge on any atom is -0.341 e. The lowest BCUT2D eigenvalue weighted by atomic mass is 10.2. The molecule has 0 saturated carbocycles. The number of nitrogens with one attached hydrogen (secondary N) is 1. The summed E-state index contributed by atoms with van der Waals surface area (Å²) in [6.45, 7) is 7.54. The zero-order valence-electron chi connectivity index (χ0n) is 12.9. The molecule has 1 amide bonds. The summed E-state index contributed by atoms with van der Waals surface area (Å²) >= 11 is 1.09. The van der Waals surface area contributed by atoms with Gasteiger partial charge in [0.2, 0.25) is 5.95 Å². The molecule has 1 aliphatic rings. The number of carbonyl (C=O) groups excluding carboxylic acids is 1. The first-order valence-electron chi connectivity index (χ1n) is 7.26. The van der Waals surface area contributed by atoms with Crippen molar-refractivity contribution in [3.05, 3.63) is 22.0 Å². The van der Waals surface area contributed by atoms with Crippen LogP contribution in [0.5, 0.6) is 0 Å². The highest BCUT2D eigenvalue weighted by atomic mass is 32.1. The van der Waals surface area contributed by atoms with Gasteiger partial charge < -0.3 is 10.2 Å². The highest BCUT2D eigenvalue weighted by molar-refractivity contribution is 7.08. The van der Waals surface area contributed by atoms with Crippen LogP contribution in [-0.4, -0.2) is 38.6 Å². The van der Waals surface area contributed by atoms with Gasteiger partial charge in [-0.3, -0.25) is 4.79 Å². The maximum Gasteiger partial charge on any atom is 0.269 e. The minimum absolute atomic E-state index is 0.212. The molecule has 0 spiro atoms. The molecule has 1 aliphatic heterocycles. The van der Waals surface area contributed by atoms with Gasteiger partial charge in [0.1, 0.15) is 4.88 Å². The van der Waals surface area contributed by atoms with Crippen LogP contribution in [0.2, 0.25) is 0 Å². The van der Waals surface area contributed by atoms with E-state index in [0.29, 0.717) is 16.3 Å². The van der Waals surface area contributed by atoms with Gasteiger partial charge in [-0.1, -0.05) is 4.49 Å². The Labute approximate surface area is 133 Å². The number of rotatable bonds is 3. The molecular weight excluding hydrogens is 300 g/mol. The van der Waals surface area contributed by atoms with Crippen molar-refractivity contribution in [3.8, 4) is 0 Å². The molecular formula is C14H18N6OS. The van der Waals surface area contributed by atoms with Crippen molar-refractivity contribution in [2.24, 2.45) is 0 Å². The summed E-state index contributed by atoms with van der Waals surface area (Å²) in [6.07, 6.45) is 2.36. The summed E-state index contributed by atoms with van der Waals surface area (Å²) < 4.78 is 3.79. The molecule has 7 nitrogen and oxygen atoms in total. The van der Waals surface area contributed by atoms with Gasteiger partial charge in [0.05, 0.1) is 22.8 Å². The highest BCUT2D eigenvalue weighted by Gasteiger charge is 2.20. The molecule has 1 saturated heterocycles. The predicted molar refractivity (Wildman–Crippen MR) is 85.6 cm³/mol. The van der Waals surface area contributed by atoms with Crippen LogP contribution >= 0.6 is 11.5 Å². The van der Waals surface area contributed by atoms with Crippen molar-refractivity contribution in [2.75, 3.05) is 23.3 Å². The molecule has 0 bridgehead atoms. The molecule has 1 N–H and O–H groups in total. The van der Waals surface area contributed by atoms with E-state index in [1.807, 2.05) is 13.8 Å². The smallest absolute Gasteiger partial charge is 0.269 e. The fraction of sp³-hybridized carbons (Fsp3) is 0.500. The Hall–Kier alpha value is -2.09. The first-order valence-corrected chi connectivity index (χ1v) is 8.04. The van der Waals surface area contributed by atoms with Crippen molar-refractivity contribution in [2.45, 2.75) is 33.6 Å². The quantitative estimate of drug-likeness (QED) is 0.933. The summed E-state index contributed by atoms with van der Waals surface area (Å²) in [4.78, 5) is 24.1. The van der Waals surface area contributed by atoms with Crippen LogP contribution in [0.25, 0.3) is 0 Å². The van der Waals surface area contributed by atoms with Gasteiger partial charge >= 0.3 is 0 Å². The number of amides is 1. The van der Waals surface area contributed by atoms with E-state index in [1.165, 1.54) is 12.8 Å². The van der Waals surface area contributed by atoms with Gasteiger partial charge in [-0.25, -0.2) is 9.97 Å². The van der Waals surface area contributed by atoms with Crippen LogP contribution < -0.4 is 10.2 Å². The number of nitrogens with zero attached hydrogens (tertiary/aromatic N) is 5. The van der Waals surface area contributed by atoms with Crippen LogP contribution in [0.4, 0.5) is 11.6 Å². The molecule has 0 aliphatic carbocycles. The van der Waals surface area contributed by atoms with Crippen LogP contribution in [0.1, 0.15) is 39.6 Å². The van der Waals surface area contributed by atoms with E-state index in [0.717, 1.165) is 42.0 Å². The van der Waals surface area contributed by atoms with Gasteiger partial charge in [-0.05, 0) is 45.1 Å². The van der Waals surface area contributed by atoms with Crippen molar-refractivity contribution in [3.63, 3.8) is 0 Å². The lowest BCUT2D eigenvalue weighted by Gasteiger charge is -2.18. The lowest BCUT2D eigenvalue weighted by Crippen LogP contribution is -2.22. The molecule has 0 radical (unpaired) electrons. The summed E-state index contributed by atoms with van der Waals surface area (Å²) in [7, 11) is 0. The van der Waals surface area contributed by atoms with Crippen LogP contribution in [0.15, 0.2) is 0 Å². The largest absolute Gasteiger partial charge is 0.341 e. The third-order valence-electron chi connectivity index (χ3n) is 3.74. The van der Waals surface area contributed by atoms with E-state index >= 15 is 0 Å². The molecule has 0 aromatic carbocycles. The first-order chi connectivity index (χ1) is 10.6. The van der Waals surface area contributed by atoms with E-state index in [9.17, 15) is 4.79 Å². The first kappa shape index (κ1) is 14.8. The second kappa shape index (κ2) is 5.96. The van der Waals surface area contributed by atoms with Gasteiger partial charge in [-0.15, -0.1) is 5.10 Å². The van der Waals surface area contributed by atoms with E-state index in [-0.39, 0.29) is 5.91 Å². The monoisotopic (exact) mass is 318 g/mol. The molecule has 3 rings (SSSR count).